The van der Waals surface area contributed by atoms with E-state index in [9.17, 15) is 9.59 Å². The van der Waals surface area contributed by atoms with Gasteiger partial charge in [0, 0.05) is 4.88 Å². The lowest BCUT2D eigenvalue weighted by atomic mass is 9.97. The Balaban J connectivity index is 1.67. The van der Waals surface area contributed by atoms with Crippen LogP contribution in [-0.4, -0.2) is 29.0 Å². The summed E-state index contributed by atoms with van der Waals surface area (Å²) in [5.74, 6) is -0.387. The zero-order valence-corrected chi connectivity index (χ0v) is 15.1. The molecule has 4 rings (SSSR count). The number of thiophene rings is 1. The first-order chi connectivity index (χ1) is 12.7. The highest BCUT2D eigenvalue weighted by Gasteiger charge is 2.19. The van der Waals surface area contributed by atoms with Crippen molar-refractivity contribution in [2.75, 3.05) is 7.11 Å². The summed E-state index contributed by atoms with van der Waals surface area (Å²) in [6, 6.07) is 6.82. The molecule has 7 heteroatoms. The Kier molecular flexibility index (Phi) is 4.38. The third-order valence-corrected chi connectivity index (χ3v) is 5.72. The molecule has 1 aliphatic carbocycles. The van der Waals surface area contributed by atoms with Crippen molar-refractivity contribution in [3.05, 3.63) is 62.5 Å². The fraction of sp³-hybridized carbons (Fsp3) is 0.263. The van der Waals surface area contributed by atoms with Gasteiger partial charge >= 0.3 is 5.97 Å². The van der Waals surface area contributed by atoms with Crippen molar-refractivity contribution in [2.45, 2.75) is 25.7 Å². The highest BCUT2D eigenvalue weighted by Crippen LogP contribution is 2.33. The van der Waals surface area contributed by atoms with Crippen LogP contribution in [0.3, 0.4) is 0 Å². The van der Waals surface area contributed by atoms with Gasteiger partial charge in [-0.15, -0.1) is 11.3 Å². The second kappa shape index (κ2) is 6.84. The van der Waals surface area contributed by atoms with Gasteiger partial charge in [0.25, 0.3) is 5.56 Å². The molecule has 0 spiro atoms. The zero-order valence-electron chi connectivity index (χ0n) is 14.3. The smallest absolute Gasteiger partial charge is 0.337 e. The average Bonchev–Trinajstić information content (AvgIpc) is 3.06. The molecule has 6 nitrogen and oxygen atoms in total. The van der Waals surface area contributed by atoms with Gasteiger partial charge in [0.15, 0.2) is 0 Å². The number of rotatable bonds is 3. The fourth-order valence-corrected chi connectivity index (χ4v) is 4.39. The highest BCUT2D eigenvalue weighted by atomic mass is 32.1. The molecule has 132 valence electrons. The third-order valence-electron chi connectivity index (χ3n) is 4.52. The second-order valence-corrected chi connectivity index (χ2v) is 7.23. The van der Waals surface area contributed by atoms with Crippen molar-refractivity contribution in [2.24, 2.45) is 5.10 Å². The lowest BCUT2D eigenvalue weighted by Crippen LogP contribution is -2.18. The van der Waals surface area contributed by atoms with E-state index in [1.165, 1.54) is 29.4 Å². The van der Waals surface area contributed by atoms with Crippen LogP contribution in [0.4, 0.5) is 0 Å². The van der Waals surface area contributed by atoms with Crippen LogP contribution in [0, 0.1) is 0 Å². The number of nitrogens with zero attached hydrogens (tertiary/aromatic N) is 3. The predicted molar refractivity (Wildman–Crippen MR) is 101 cm³/mol. The Bertz CT molecular complexity index is 1060. The molecule has 2 aromatic heterocycles. The number of benzene rings is 1. The molecule has 0 aliphatic heterocycles. The number of hydrogen-bond acceptors (Lipinski definition) is 6. The van der Waals surface area contributed by atoms with Crippen LogP contribution in [0.25, 0.3) is 10.2 Å². The van der Waals surface area contributed by atoms with E-state index in [-0.39, 0.29) is 11.5 Å². The quantitative estimate of drug-likeness (QED) is 0.527. The minimum absolute atomic E-state index is 0.128. The van der Waals surface area contributed by atoms with E-state index in [0.717, 1.165) is 35.2 Å². The molecule has 0 fully saturated rings. The topological polar surface area (TPSA) is 73.5 Å². The van der Waals surface area contributed by atoms with E-state index in [0.29, 0.717) is 10.9 Å². The standard InChI is InChI=1S/C19H17N3O3S/c1-25-19(24)13-8-6-12(7-9-13)10-21-22-11-20-17-16(18(22)23)14-4-2-3-5-15(14)26-17/h6-11H,2-5H2,1H3. The largest absolute Gasteiger partial charge is 0.465 e. The molecule has 0 unspecified atom stereocenters. The van der Waals surface area contributed by atoms with Crippen LogP contribution in [0.1, 0.15) is 39.2 Å². The average molecular weight is 367 g/mol. The minimum Gasteiger partial charge on any atom is -0.465 e. The normalized spacial score (nSPS) is 13.9. The molecule has 0 saturated carbocycles. The molecule has 26 heavy (non-hydrogen) atoms. The number of carbonyl (C=O) groups excluding carboxylic acids is 1. The van der Waals surface area contributed by atoms with E-state index >= 15 is 0 Å². The molecule has 0 bridgehead atoms. The fourth-order valence-electron chi connectivity index (χ4n) is 3.17. The summed E-state index contributed by atoms with van der Waals surface area (Å²) < 4.78 is 5.95. The highest BCUT2D eigenvalue weighted by molar-refractivity contribution is 7.18. The number of methoxy groups -OCH3 is 1. The summed E-state index contributed by atoms with van der Waals surface area (Å²) in [4.78, 5) is 30.8. The summed E-state index contributed by atoms with van der Waals surface area (Å²) in [6.07, 6.45) is 7.30. The minimum atomic E-state index is -0.387. The Morgan fingerprint density at radius 2 is 2.04 bits per heavy atom. The van der Waals surface area contributed by atoms with E-state index in [1.807, 2.05) is 0 Å². The van der Waals surface area contributed by atoms with Gasteiger partial charge in [0.05, 0.1) is 24.3 Å². The molecule has 1 aliphatic rings. The number of esters is 1. The van der Waals surface area contributed by atoms with Gasteiger partial charge in [-0.25, -0.2) is 9.78 Å². The molecule has 0 saturated heterocycles. The molecule has 2 heterocycles. The first-order valence-electron chi connectivity index (χ1n) is 8.42. The number of aryl methyl sites for hydroxylation is 2. The Morgan fingerprint density at radius 1 is 1.27 bits per heavy atom. The molecular weight excluding hydrogens is 350 g/mol. The lowest BCUT2D eigenvalue weighted by molar-refractivity contribution is 0.0600. The van der Waals surface area contributed by atoms with Crippen LogP contribution < -0.4 is 5.56 Å². The molecule has 0 radical (unpaired) electrons. The summed E-state index contributed by atoms with van der Waals surface area (Å²) in [7, 11) is 1.34. The summed E-state index contributed by atoms with van der Waals surface area (Å²) >= 11 is 1.62. The summed E-state index contributed by atoms with van der Waals surface area (Å²) in [5.41, 5.74) is 2.27. The maximum atomic E-state index is 12.8. The van der Waals surface area contributed by atoms with Crippen molar-refractivity contribution < 1.29 is 9.53 Å². The maximum Gasteiger partial charge on any atom is 0.337 e. The molecular formula is C19H17N3O3S. The van der Waals surface area contributed by atoms with Crippen LogP contribution >= 0.6 is 11.3 Å². The van der Waals surface area contributed by atoms with Crippen molar-refractivity contribution in [3.8, 4) is 0 Å². The Labute approximate surface area is 153 Å². The molecule has 0 atom stereocenters. The van der Waals surface area contributed by atoms with E-state index in [1.54, 1.807) is 41.8 Å². The molecule has 1 aromatic carbocycles. The van der Waals surface area contributed by atoms with Crippen LogP contribution in [0.15, 0.2) is 40.5 Å². The van der Waals surface area contributed by atoms with Gasteiger partial charge in [-0.05, 0) is 48.9 Å². The number of fused-ring (bicyclic) bond motifs is 3. The van der Waals surface area contributed by atoms with Gasteiger partial charge in [-0.1, -0.05) is 12.1 Å². The molecule has 0 amide bonds. The van der Waals surface area contributed by atoms with Gasteiger partial charge in [0.2, 0.25) is 0 Å². The van der Waals surface area contributed by atoms with E-state index in [2.05, 4.69) is 14.8 Å². The number of hydrogen-bond donors (Lipinski definition) is 0. The van der Waals surface area contributed by atoms with Gasteiger partial charge in [0.1, 0.15) is 11.2 Å². The van der Waals surface area contributed by atoms with Crippen molar-refractivity contribution in [1.82, 2.24) is 9.66 Å². The second-order valence-electron chi connectivity index (χ2n) is 6.14. The van der Waals surface area contributed by atoms with E-state index in [4.69, 9.17) is 0 Å². The number of ether oxygens (including phenoxy) is 1. The summed E-state index contributed by atoms with van der Waals surface area (Å²) in [6.45, 7) is 0. The predicted octanol–water partition coefficient (Wildman–Crippen LogP) is 3.01. The Hall–Kier alpha value is -2.80. The molecule has 0 N–H and O–H groups in total. The number of aromatic nitrogens is 2. The van der Waals surface area contributed by atoms with Crippen molar-refractivity contribution in [1.29, 1.82) is 0 Å². The molecule has 3 aromatic rings. The van der Waals surface area contributed by atoms with Crippen molar-refractivity contribution >= 4 is 33.7 Å². The van der Waals surface area contributed by atoms with E-state index < -0.39 is 0 Å². The van der Waals surface area contributed by atoms with Gasteiger partial charge in [-0.3, -0.25) is 4.79 Å². The van der Waals surface area contributed by atoms with Gasteiger partial charge in [-0.2, -0.15) is 9.78 Å². The summed E-state index contributed by atoms with van der Waals surface area (Å²) in [5, 5.41) is 4.97. The SMILES string of the molecule is COC(=O)c1ccc(C=Nn2cnc3sc4c(c3c2=O)CCCC4)cc1. The zero-order chi connectivity index (χ0) is 18.1. The lowest BCUT2D eigenvalue weighted by Gasteiger charge is -2.09. The monoisotopic (exact) mass is 367 g/mol. The van der Waals surface area contributed by atoms with Crippen LogP contribution in [0.5, 0.6) is 0 Å². The third kappa shape index (κ3) is 2.94. The van der Waals surface area contributed by atoms with Gasteiger partial charge < -0.3 is 4.74 Å². The van der Waals surface area contributed by atoms with Crippen molar-refractivity contribution in [3.63, 3.8) is 0 Å². The first-order valence-corrected chi connectivity index (χ1v) is 9.23. The van der Waals surface area contributed by atoms with Crippen LogP contribution in [0.2, 0.25) is 0 Å². The first kappa shape index (κ1) is 16.7. The maximum absolute atomic E-state index is 12.8. The Morgan fingerprint density at radius 3 is 2.81 bits per heavy atom. The van der Waals surface area contributed by atoms with Crippen LogP contribution in [-0.2, 0) is 17.6 Å². The number of carbonyl (C=O) groups is 1.